The highest BCUT2D eigenvalue weighted by Gasteiger charge is 2.05. The van der Waals surface area contributed by atoms with Gasteiger partial charge in [-0.15, -0.1) is 0 Å². The van der Waals surface area contributed by atoms with E-state index < -0.39 is 0 Å². The zero-order valence-corrected chi connectivity index (χ0v) is 10.0. The molecule has 2 N–H and O–H groups in total. The number of nitrogen functional groups attached to an aromatic ring is 1. The maximum atomic E-state index is 6.06. The van der Waals surface area contributed by atoms with E-state index in [0.29, 0.717) is 5.02 Å². The van der Waals surface area contributed by atoms with Gasteiger partial charge in [0.2, 0.25) is 0 Å². The molecule has 0 spiro atoms. The third kappa shape index (κ3) is 2.02. The third-order valence-corrected chi connectivity index (χ3v) is 2.98. The van der Waals surface area contributed by atoms with E-state index in [9.17, 15) is 0 Å². The van der Waals surface area contributed by atoms with Gasteiger partial charge in [0.25, 0.3) is 0 Å². The highest BCUT2D eigenvalue weighted by atomic mass is 35.5. The van der Waals surface area contributed by atoms with Crippen LogP contribution in [0, 0.1) is 13.8 Å². The van der Waals surface area contributed by atoms with Gasteiger partial charge in [0.05, 0.1) is 10.7 Å². The second-order valence-corrected chi connectivity index (χ2v) is 4.27. The third-order valence-electron chi connectivity index (χ3n) is 2.60. The number of rotatable bonds is 1. The lowest BCUT2D eigenvalue weighted by Gasteiger charge is -2.08. The van der Waals surface area contributed by atoms with Gasteiger partial charge in [-0.1, -0.05) is 17.7 Å². The molecule has 0 bridgehead atoms. The van der Waals surface area contributed by atoms with E-state index in [1.807, 2.05) is 44.3 Å². The van der Waals surface area contributed by atoms with Crippen LogP contribution in [-0.2, 0) is 0 Å². The summed E-state index contributed by atoms with van der Waals surface area (Å²) >= 11 is 6.06. The van der Waals surface area contributed by atoms with Gasteiger partial charge in [0, 0.05) is 17.4 Å². The highest BCUT2D eigenvalue weighted by Crippen LogP contribution is 2.27. The maximum Gasteiger partial charge on any atom is 0.0624 e. The molecule has 82 valence electrons. The minimum atomic E-state index is 0.680. The van der Waals surface area contributed by atoms with E-state index in [2.05, 4.69) is 4.98 Å². The number of halogens is 1. The first-order chi connectivity index (χ1) is 7.58. The Hall–Kier alpha value is -1.54. The molecule has 16 heavy (non-hydrogen) atoms. The largest absolute Gasteiger partial charge is 0.399 e. The molecule has 2 nitrogen and oxygen atoms in total. The Morgan fingerprint density at radius 2 is 1.94 bits per heavy atom. The van der Waals surface area contributed by atoms with Gasteiger partial charge >= 0.3 is 0 Å². The van der Waals surface area contributed by atoms with Gasteiger partial charge in [0.15, 0.2) is 0 Å². The first kappa shape index (κ1) is 11.0. The molecule has 0 aliphatic rings. The number of benzene rings is 1. The van der Waals surface area contributed by atoms with Gasteiger partial charge in [0.1, 0.15) is 0 Å². The quantitative estimate of drug-likeness (QED) is 0.763. The zero-order chi connectivity index (χ0) is 11.7. The fraction of sp³-hybridized carbons (Fsp3) is 0.154. The lowest BCUT2D eigenvalue weighted by Crippen LogP contribution is -1.90. The molecule has 1 heterocycles. The molecule has 2 rings (SSSR count). The molecule has 3 heteroatoms. The monoisotopic (exact) mass is 232 g/mol. The van der Waals surface area contributed by atoms with Crippen molar-refractivity contribution in [3.8, 4) is 11.1 Å². The minimum Gasteiger partial charge on any atom is -0.399 e. The number of nitrogens with two attached hydrogens (primary N) is 1. The first-order valence-electron chi connectivity index (χ1n) is 5.06. The van der Waals surface area contributed by atoms with Gasteiger partial charge in [-0.2, -0.15) is 0 Å². The van der Waals surface area contributed by atoms with Crippen molar-refractivity contribution >= 4 is 17.3 Å². The summed E-state index contributed by atoms with van der Waals surface area (Å²) in [5.74, 6) is 0. The van der Waals surface area contributed by atoms with Crippen molar-refractivity contribution < 1.29 is 0 Å². The van der Waals surface area contributed by atoms with Crippen molar-refractivity contribution in [3.63, 3.8) is 0 Å². The van der Waals surface area contributed by atoms with Gasteiger partial charge in [-0.25, -0.2) is 0 Å². The lowest BCUT2D eigenvalue weighted by molar-refractivity contribution is 1.20. The molecule has 0 radical (unpaired) electrons. The second kappa shape index (κ2) is 4.14. The SMILES string of the molecule is Cc1ccc(N)cc1-c1cnc(C)c(Cl)c1. The van der Waals surface area contributed by atoms with Crippen molar-refractivity contribution in [2.45, 2.75) is 13.8 Å². The van der Waals surface area contributed by atoms with Crippen LogP contribution in [0.2, 0.25) is 5.02 Å². The number of nitrogens with zero attached hydrogens (tertiary/aromatic N) is 1. The van der Waals surface area contributed by atoms with Crippen LogP contribution in [0.15, 0.2) is 30.5 Å². The predicted octanol–water partition coefficient (Wildman–Crippen LogP) is 3.60. The molecule has 0 amide bonds. The van der Waals surface area contributed by atoms with Crippen LogP contribution in [0.3, 0.4) is 0 Å². The molecular weight excluding hydrogens is 220 g/mol. The molecule has 2 aromatic rings. The van der Waals surface area contributed by atoms with Crippen LogP contribution >= 0.6 is 11.6 Å². The van der Waals surface area contributed by atoms with E-state index >= 15 is 0 Å². The van der Waals surface area contributed by atoms with Crippen molar-refractivity contribution in [3.05, 3.63) is 46.7 Å². The summed E-state index contributed by atoms with van der Waals surface area (Å²) in [5.41, 5.74) is 10.6. The predicted molar refractivity (Wildman–Crippen MR) is 68.6 cm³/mol. The van der Waals surface area contributed by atoms with E-state index in [1.54, 1.807) is 0 Å². The first-order valence-corrected chi connectivity index (χ1v) is 5.44. The van der Waals surface area contributed by atoms with Crippen LogP contribution in [-0.4, -0.2) is 4.98 Å². The molecular formula is C13H13ClN2. The minimum absolute atomic E-state index is 0.680. The molecule has 0 unspecified atom stereocenters. The number of aryl methyl sites for hydroxylation is 2. The fourth-order valence-corrected chi connectivity index (χ4v) is 1.77. The number of hydrogen-bond acceptors (Lipinski definition) is 2. The molecule has 1 aromatic carbocycles. The zero-order valence-electron chi connectivity index (χ0n) is 9.29. The highest BCUT2D eigenvalue weighted by molar-refractivity contribution is 6.31. The summed E-state index contributed by atoms with van der Waals surface area (Å²) in [6.45, 7) is 3.93. The standard InChI is InChI=1S/C13H13ClN2/c1-8-3-4-11(15)6-12(8)10-5-13(14)9(2)16-7-10/h3-7H,15H2,1-2H3. The van der Waals surface area contributed by atoms with E-state index in [1.165, 1.54) is 0 Å². The van der Waals surface area contributed by atoms with Crippen molar-refractivity contribution in [2.75, 3.05) is 5.73 Å². The summed E-state index contributed by atoms with van der Waals surface area (Å²) < 4.78 is 0. The average Bonchev–Trinajstić information content (AvgIpc) is 2.26. The van der Waals surface area contributed by atoms with Crippen LogP contribution in [0.25, 0.3) is 11.1 Å². The van der Waals surface area contributed by atoms with Gasteiger partial charge < -0.3 is 5.73 Å². The number of aromatic nitrogens is 1. The van der Waals surface area contributed by atoms with Gasteiger partial charge in [-0.05, 0) is 43.2 Å². The molecule has 1 aromatic heterocycles. The van der Waals surface area contributed by atoms with Crippen LogP contribution in [0.1, 0.15) is 11.3 Å². The molecule has 0 saturated heterocycles. The summed E-state index contributed by atoms with van der Waals surface area (Å²) in [4.78, 5) is 4.25. The van der Waals surface area contributed by atoms with E-state index in [-0.39, 0.29) is 0 Å². The summed E-state index contributed by atoms with van der Waals surface area (Å²) in [7, 11) is 0. The van der Waals surface area contributed by atoms with Crippen molar-refractivity contribution in [1.29, 1.82) is 0 Å². The van der Waals surface area contributed by atoms with Gasteiger partial charge in [-0.3, -0.25) is 4.98 Å². The Morgan fingerprint density at radius 1 is 1.19 bits per heavy atom. The Morgan fingerprint density at radius 3 is 2.62 bits per heavy atom. The van der Waals surface area contributed by atoms with Crippen molar-refractivity contribution in [2.24, 2.45) is 0 Å². The lowest BCUT2D eigenvalue weighted by atomic mass is 10.0. The molecule has 0 saturated carbocycles. The number of hydrogen-bond donors (Lipinski definition) is 1. The van der Waals surface area contributed by atoms with Crippen LogP contribution < -0.4 is 5.73 Å². The molecule has 0 atom stereocenters. The van der Waals surface area contributed by atoms with Crippen LogP contribution in [0.5, 0.6) is 0 Å². The average molecular weight is 233 g/mol. The fourth-order valence-electron chi connectivity index (χ4n) is 1.60. The molecule has 0 aliphatic heterocycles. The van der Waals surface area contributed by atoms with Crippen LogP contribution in [0.4, 0.5) is 5.69 Å². The van der Waals surface area contributed by atoms with E-state index in [4.69, 9.17) is 17.3 Å². The normalized spacial score (nSPS) is 10.4. The molecule has 0 fully saturated rings. The number of anilines is 1. The summed E-state index contributed by atoms with van der Waals surface area (Å²) in [6.07, 6.45) is 1.82. The Kier molecular flexibility index (Phi) is 2.84. The summed E-state index contributed by atoms with van der Waals surface area (Å²) in [6, 6.07) is 7.75. The Balaban J connectivity index is 2.58. The molecule has 0 aliphatic carbocycles. The summed E-state index contributed by atoms with van der Waals surface area (Å²) in [5, 5.41) is 0.680. The van der Waals surface area contributed by atoms with Crippen molar-refractivity contribution in [1.82, 2.24) is 4.98 Å². The number of pyridine rings is 1. The van der Waals surface area contributed by atoms with E-state index in [0.717, 1.165) is 28.1 Å². The Bertz CT molecular complexity index is 535. The Labute approximate surface area is 100 Å². The maximum absolute atomic E-state index is 6.06. The topological polar surface area (TPSA) is 38.9 Å². The smallest absolute Gasteiger partial charge is 0.0624 e. The second-order valence-electron chi connectivity index (χ2n) is 3.87.